The van der Waals surface area contributed by atoms with Crippen LogP contribution >= 0.6 is 0 Å². The van der Waals surface area contributed by atoms with E-state index < -0.39 is 12.4 Å². The van der Waals surface area contributed by atoms with Gasteiger partial charge >= 0.3 is 0 Å². The Morgan fingerprint density at radius 2 is 1.21 bits per heavy atom. The number of hydrogen-bond acceptors (Lipinski definition) is 5. The first-order valence-corrected chi connectivity index (χ1v) is 11.6. The van der Waals surface area contributed by atoms with Gasteiger partial charge in [-0.1, -0.05) is 97.6 Å². The molecule has 0 bridgehead atoms. The van der Waals surface area contributed by atoms with E-state index in [4.69, 9.17) is 23.7 Å². The van der Waals surface area contributed by atoms with Crippen LogP contribution in [0.15, 0.2) is 103 Å². The molecule has 0 N–H and O–H groups in total. The topological polar surface area (TPSA) is 46.2 Å². The highest BCUT2D eigenvalue weighted by Gasteiger charge is 2.45. The Balaban J connectivity index is 1.50. The summed E-state index contributed by atoms with van der Waals surface area (Å²) in [6, 6.07) is 30.2. The van der Waals surface area contributed by atoms with Gasteiger partial charge in [0, 0.05) is 7.11 Å². The van der Waals surface area contributed by atoms with Gasteiger partial charge in [0.05, 0.1) is 32.3 Å². The van der Waals surface area contributed by atoms with E-state index in [2.05, 4.69) is 6.58 Å². The molecule has 1 aliphatic heterocycles. The zero-order chi connectivity index (χ0) is 23.6. The van der Waals surface area contributed by atoms with E-state index in [9.17, 15) is 0 Å². The fraction of sp³-hybridized carbons (Fsp3) is 0.310. The van der Waals surface area contributed by atoms with Crippen molar-refractivity contribution in [2.75, 3.05) is 13.7 Å². The first-order chi connectivity index (χ1) is 16.7. The molecule has 178 valence electrons. The highest BCUT2D eigenvalue weighted by Crippen LogP contribution is 2.34. The Morgan fingerprint density at radius 1 is 0.706 bits per heavy atom. The molecule has 0 unspecified atom stereocenters. The first kappa shape index (κ1) is 24.2. The molecule has 1 saturated heterocycles. The normalized spacial score (nSPS) is 22.3. The predicted octanol–water partition coefficient (Wildman–Crippen LogP) is 5.51. The van der Waals surface area contributed by atoms with Crippen LogP contribution in [-0.4, -0.2) is 32.2 Å². The summed E-state index contributed by atoms with van der Waals surface area (Å²) in [5, 5.41) is 0. The molecule has 0 spiro atoms. The molecule has 0 amide bonds. The molecule has 0 aliphatic carbocycles. The van der Waals surface area contributed by atoms with Crippen LogP contribution in [0.2, 0.25) is 0 Å². The molecule has 3 aromatic rings. The van der Waals surface area contributed by atoms with Gasteiger partial charge in [0.1, 0.15) is 18.0 Å². The van der Waals surface area contributed by atoms with Crippen LogP contribution in [0.25, 0.3) is 0 Å². The van der Waals surface area contributed by atoms with Crippen LogP contribution in [-0.2, 0) is 43.5 Å². The first-order valence-electron chi connectivity index (χ1n) is 11.6. The van der Waals surface area contributed by atoms with Crippen LogP contribution in [0, 0.1) is 5.92 Å². The lowest BCUT2D eigenvalue weighted by molar-refractivity contribution is -0.244. The second kappa shape index (κ2) is 12.5. The van der Waals surface area contributed by atoms with Crippen molar-refractivity contribution in [3.63, 3.8) is 0 Å². The Morgan fingerprint density at radius 3 is 1.74 bits per heavy atom. The summed E-state index contributed by atoms with van der Waals surface area (Å²) in [5.74, 6) is 0.295. The average Bonchev–Trinajstić information content (AvgIpc) is 2.89. The van der Waals surface area contributed by atoms with Crippen molar-refractivity contribution in [1.82, 2.24) is 0 Å². The Kier molecular flexibility index (Phi) is 8.88. The predicted molar refractivity (Wildman–Crippen MR) is 131 cm³/mol. The van der Waals surface area contributed by atoms with Crippen molar-refractivity contribution in [3.05, 3.63) is 120 Å². The van der Waals surface area contributed by atoms with Crippen LogP contribution < -0.4 is 0 Å². The van der Waals surface area contributed by atoms with Gasteiger partial charge in [-0.3, -0.25) is 0 Å². The summed E-state index contributed by atoms with van der Waals surface area (Å²) in [7, 11) is 1.63. The van der Waals surface area contributed by atoms with Crippen LogP contribution in [0.5, 0.6) is 0 Å². The zero-order valence-corrected chi connectivity index (χ0v) is 19.5. The smallest absolute Gasteiger partial charge is 0.206 e. The summed E-state index contributed by atoms with van der Waals surface area (Å²) < 4.78 is 30.6. The molecule has 1 aliphatic rings. The molecule has 4 atom stereocenters. The number of hydrogen-bond donors (Lipinski definition) is 0. The number of benzene rings is 3. The van der Waals surface area contributed by atoms with Gasteiger partial charge < -0.3 is 23.7 Å². The Hall–Kier alpha value is -2.96. The lowest BCUT2D eigenvalue weighted by atomic mass is 9.93. The van der Waals surface area contributed by atoms with Crippen molar-refractivity contribution in [2.24, 2.45) is 5.92 Å². The molecule has 34 heavy (non-hydrogen) atoms. The van der Waals surface area contributed by atoms with Gasteiger partial charge in [0.2, 0.25) is 6.29 Å². The third-order valence-corrected chi connectivity index (χ3v) is 5.87. The van der Waals surface area contributed by atoms with E-state index in [0.29, 0.717) is 32.2 Å². The second-order valence-electron chi connectivity index (χ2n) is 8.33. The number of ether oxygens (including phenoxy) is 5. The maximum Gasteiger partial charge on any atom is 0.206 e. The molecule has 3 aromatic carbocycles. The van der Waals surface area contributed by atoms with Gasteiger partial charge in [-0.2, -0.15) is 0 Å². The minimum Gasteiger partial charge on any atom is -0.467 e. The molecule has 0 radical (unpaired) electrons. The number of methoxy groups -OCH3 is 1. The molecule has 0 aromatic heterocycles. The summed E-state index contributed by atoms with van der Waals surface area (Å²) in [6.45, 7) is 5.88. The standard InChI is InChI=1S/C29H32O5/c1-22-27(32-19-24-14-8-4-9-15-24)28(33-20-25-16-10-5-11-17-25)26(29(30-2)34-22)21-31-18-23-12-6-3-7-13-23/h3-17,26-29H,1,18-21H2,2H3/t26-,27-,28-,29+/m1/s1. The van der Waals surface area contributed by atoms with Gasteiger partial charge in [-0.15, -0.1) is 0 Å². The third kappa shape index (κ3) is 6.55. The van der Waals surface area contributed by atoms with E-state index in [1.165, 1.54) is 0 Å². The van der Waals surface area contributed by atoms with E-state index >= 15 is 0 Å². The van der Waals surface area contributed by atoms with Gasteiger partial charge in [0.15, 0.2) is 0 Å². The van der Waals surface area contributed by atoms with Crippen molar-refractivity contribution in [2.45, 2.75) is 38.3 Å². The fourth-order valence-corrected chi connectivity index (χ4v) is 4.08. The average molecular weight is 461 g/mol. The molecular formula is C29H32O5. The molecule has 5 nitrogen and oxygen atoms in total. The van der Waals surface area contributed by atoms with E-state index in [0.717, 1.165) is 16.7 Å². The maximum atomic E-state index is 6.46. The summed E-state index contributed by atoms with van der Waals surface area (Å²) >= 11 is 0. The van der Waals surface area contributed by atoms with Gasteiger partial charge in [-0.05, 0) is 16.7 Å². The van der Waals surface area contributed by atoms with E-state index in [-0.39, 0.29) is 12.0 Å². The fourth-order valence-electron chi connectivity index (χ4n) is 4.08. The van der Waals surface area contributed by atoms with Crippen LogP contribution in [0.3, 0.4) is 0 Å². The SMILES string of the molecule is C=C1O[C@H](OC)[C@H](COCc2ccccc2)[C@@H](OCc2ccccc2)[C@@H]1OCc1ccccc1. The van der Waals surface area contributed by atoms with Gasteiger partial charge in [0.25, 0.3) is 0 Å². The van der Waals surface area contributed by atoms with Crippen LogP contribution in [0.4, 0.5) is 0 Å². The minimum atomic E-state index is -0.541. The lowest BCUT2D eigenvalue weighted by Crippen LogP contribution is -2.52. The molecule has 4 rings (SSSR count). The number of rotatable bonds is 11. The minimum absolute atomic E-state index is 0.205. The molecule has 1 heterocycles. The highest BCUT2D eigenvalue weighted by molar-refractivity contribution is 5.16. The van der Waals surface area contributed by atoms with Crippen LogP contribution in [0.1, 0.15) is 16.7 Å². The second-order valence-corrected chi connectivity index (χ2v) is 8.33. The summed E-state index contributed by atoms with van der Waals surface area (Å²) in [6.07, 6.45) is -1.35. The summed E-state index contributed by atoms with van der Waals surface area (Å²) in [5.41, 5.74) is 3.26. The maximum absolute atomic E-state index is 6.46. The van der Waals surface area contributed by atoms with Crippen molar-refractivity contribution in [1.29, 1.82) is 0 Å². The largest absolute Gasteiger partial charge is 0.467 e. The molecule has 1 fully saturated rings. The molecule has 0 saturated carbocycles. The lowest BCUT2D eigenvalue weighted by Gasteiger charge is -2.42. The molecular weight excluding hydrogens is 428 g/mol. The highest BCUT2D eigenvalue weighted by atomic mass is 16.7. The van der Waals surface area contributed by atoms with Gasteiger partial charge in [-0.25, -0.2) is 0 Å². The molecule has 5 heteroatoms. The quantitative estimate of drug-likeness (QED) is 0.378. The summed E-state index contributed by atoms with van der Waals surface area (Å²) in [4.78, 5) is 0. The van der Waals surface area contributed by atoms with E-state index in [1.54, 1.807) is 7.11 Å². The van der Waals surface area contributed by atoms with Crippen molar-refractivity contribution >= 4 is 0 Å². The van der Waals surface area contributed by atoms with Crippen molar-refractivity contribution in [3.8, 4) is 0 Å². The monoisotopic (exact) mass is 460 g/mol. The van der Waals surface area contributed by atoms with Crippen molar-refractivity contribution < 1.29 is 23.7 Å². The van der Waals surface area contributed by atoms with E-state index in [1.807, 2.05) is 91.0 Å². The third-order valence-electron chi connectivity index (χ3n) is 5.87. The zero-order valence-electron chi connectivity index (χ0n) is 19.5. The Bertz CT molecular complexity index is 993. The Labute approximate surface area is 201 Å².